The molecule has 0 spiro atoms. The van der Waals surface area contributed by atoms with E-state index in [1.807, 2.05) is 55.7 Å². The number of nitrogens with zero attached hydrogens (tertiary/aromatic N) is 1. The van der Waals surface area contributed by atoms with Crippen molar-refractivity contribution >= 4 is 29.2 Å². The minimum atomic E-state index is -0.396. The van der Waals surface area contributed by atoms with Gasteiger partial charge in [-0.25, -0.2) is 4.79 Å². The maximum atomic E-state index is 12.6. The van der Waals surface area contributed by atoms with E-state index in [1.54, 1.807) is 18.2 Å². The quantitative estimate of drug-likeness (QED) is 0.508. The highest BCUT2D eigenvalue weighted by atomic mass is 35.5. The van der Waals surface area contributed by atoms with E-state index in [0.29, 0.717) is 21.2 Å². The van der Waals surface area contributed by atoms with Gasteiger partial charge in [-0.15, -0.1) is 0 Å². The van der Waals surface area contributed by atoms with E-state index in [2.05, 4.69) is 0 Å². The van der Waals surface area contributed by atoms with Crippen molar-refractivity contribution in [2.24, 2.45) is 0 Å². The molecule has 3 rings (SSSR count). The number of hydrogen-bond donors (Lipinski definition) is 0. The molecule has 0 aliphatic rings. The Morgan fingerprint density at radius 2 is 1.62 bits per heavy atom. The Hall–Kier alpha value is -2.23. The molecule has 0 aliphatic heterocycles. The average molecular weight is 388 g/mol. The first-order valence-electron chi connectivity index (χ1n) is 8.24. The van der Waals surface area contributed by atoms with Crippen LogP contribution in [0.4, 0.5) is 0 Å². The van der Waals surface area contributed by atoms with Crippen LogP contribution < -0.4 is 0 Å². The van der Waals surface area contributed by atoms with Crippen molar-refractivity contribution in [3.05, 3.63) is 86.7 Å². The summed E-state index contributed by atoms with van der Waals surface area (Å²) in [4.78, 5) is 12.6. The van der Waals surface area contributed by atoms with Crippen LogP contribution in [0.15, 0.2) is 48.5 Å². The van der Waals surface area contributed by atoms with Gasteiger partial charge in [0.25, 0.3) is 0 Å². The minimum absolute atomic E-state index is 0.0333. The second-order valence-corrected chi connectivity index (χ2v) is 7.05. The maximum Gasteiger partial charge on any atom is 0.340 e. The number of halogens is 2. The Bertz CT molecular complexity index is 939. The lowest BCUT2D eigenvalue weighted by atomic mass is 10.2. The van der Waals surface area contributed by atoms with E-state index in [4.69, 9.17) is 27.9 Å². The summed E-state index contributed by atoms with van der Waals surface area (Å²) >= 11 is 12.3. The lowest BCUT2D eigenvalue weighted by molar-refractivity contribution is 0.0472. The van der Waals surface area contributed by atoms with Crippen LogP contribution >= 0.6 is 23.2 Å². The number of aromatic nitrogens is 1. The van der Waals surface area contributed by atoms with E-state index < -0.39 is 5.97 Å². The van der Waals surface area contributed by atoms with Gasteiger partial charge >= 0.3 is 5.97 Å². The van der Waals surface area contributed by atoms with Crippen molar-refractivity contribution in [3.63, 3.8) is 0 Å². The highest BCUT2D eigenvalue weighted by Gasteiger charge is 2.19. The highest BCUT2D eigenvalue weighted by molar-refractivity contribution is 6.35. The van der Waals surface area contributed by atoms with Crippen molar-refractivity contribution in [2.75, 3.05) is 0 Å². The van der Waals surface area contributed by atoms with E-state index in [0.717, 1.165) is 17.1 Å². The summed E-state index contributed by atoms with van der Waals surface area (Å²) in [5, 5.41) is 0.964. The molecule has 0 amide bonds. The molecule has 0 atom stereocenters. The maximum absolute atomic E-state index is 12.6. The molecule has 3 nitrogen and oxygen atoms in total. The second-order valence-electron chi connectivity index (χ2n) is 6.23. The molecular weight excluding hydrogens is 369 g/mol. The van der Waals surface area contributed by atoms with Gasteiger partial charge in [-0.3, -0.25) is 0 Å². The van der Waals surface area contributed by atoms with Gasteiger partial charge in [0, 0.05) is 32.7 Å². The molecule has 2 aromatic carbocycles. The molecular formula is C21H19Cl2NO2. The summed E-state index contributed by atoms with van der Waals surface area (Å²) in [5.74, 6) is -0.396. The molecule has 3 aromatic rings. The van der Waals surface area contributed by atoms with Crippen molar-refractivity contribution in [1.82, 2.24) is 4.57 Å². The largest absolute Gasteiger partial charge is 0.457 e. The number of carbonyl (C=O) groups is 1. The Kier molecular flexibility index (Phi) is 5.40. The van der Waals surface area contributed by atoms with Gasteiger partial charge in [0.1, 0.15) is 6.61 Å². The third-order valence-electron chi connectivity index (χ3n) is 4.35. The monoisotopic (exact) mass is 387 g/mol. The van der Waals surface area contributed by atoms with Crippen LogP contribution in [0, 0.1) is 20.8 Å². The average Bonchev–Trinajstić information content (AvgIpc) is 2.90. The summed E-state index contributed by atoms with van der Waals surface area (Å²) in [7, 11) is 0. The van der Waals surface area contributed by atoms with E-state index in [1.165, 1.54) is 5.56 Å². The van der Waals surface area contributed by atoms with Crippen molar-refractivity contribution < 1.29 is 9.53 Å². The van der Waals surface area contributed by atoms with E-state index in [-0.39, 0.29) is 6.61 Å². The summed E-state index contributed by atoms with van der Waals surface area (Å²) < 4.78 is 7.50. The first kappa shape index (κ1) is 18.6. The number of benzene rings is 2. The molecule has 5 heteroatoms. The third-order valence-corrected chi connectivity index (χ3v) is 5.06. The molecule has 0 radical (unpaired) electrons. The smallest absolute Gasteiger partial charge is 0.340 e. The van der Waals surface area contributed by atoms with Crippen LogP contribution in [0.1, 0.15) is 32.9 Å². The van der Waals surface area contributed by atoms with Gasteiger partial charge in [-0.1, -0.05) is 47.0 Å². The van der Waals surface area contributed by atoms with Crippen molar-refractivity contribution in [1.29, 1.82) is 0 Å². The predicted molar refractivity (Wildman–Crippen MR) is 106 cm³/mol. The fourth-order valence-corrected chi connectivity index (χ4v) is 3.45. The van der Waals surface area contributed by atoms with Gasteiger partial charge in [-0.2, -0.15) is 0 Å². The molecule has 0 unspecified atom stereocenters. The second kappa shape index (κ2) is 7.56. The zero-order valence-electron chi connectivity index (χ0n) is 14.8. The Morgan fingerprint density at radius 3 is 2.23 bits per heavy atom. The number of ether oxygens (including phenoxy) is 1. The predicted octanol–water partition coefficient (Wildman–Crippen LogP) is 6.07. The molecule has 0 saturated carbocycles. The van der Waals surface area contributed by atoms with E-state index in [9.17, 15) is 4.79 Å². The van der Waals surface area contributed by atoms with Crippen LogP contribution in [0.2, 0.25) is 10.0 Å². The number of aryl methyl sites for hydroxylation is 2. The Balaban J connectivity index is 1.85. The zero-order valence-corrected chi connectivity index (χ0v) is 16.4. The van der Waals surface area contributed by atoms with Gasteiger partial charge in [0.2, 0.25) is 0 Å². The molecule has 1 aromatic heterocycles. The lowest BCUT2D eigenvalue weighted by Gasteiger charge is -2.11. The number of rotatable bonds is 4. The fourth-order valence-electron chi connectivity index (χ4n) is 2.95. The first-order valence-corrected chi connectivity index (χ1v) is 9.00. The lowest BCUT2D eigenvalue weighted by Crippen LogP contribution is -2.08. The molecule has 0 N–H and O–H groups in total. The molecule has 134 valence electrons. The van der Waals surface area contributed by atoms with E-state index >= 15 is 0 Å². The first-order chi connectivity index (χ1) is 12.4. The highest BCUT2D eigenvalue weighted by Crippen LogP contribution is 2.26. The fraction of sp³-hybridized carbons (Fsp3) is 0.190. The minimum Gasteiger partial charge on any atom is -0.457 e. The van der Waals surface area contributed by atoms with Crippen molar-refractivity contribution in [3.8, 4) is 5.69 Å². The normalized spacial score (nSPS) is 10.8. The summed E-state index contributed by atoms with van der Waals surface area (Å²) in [6.45, 7) is 5.95. The zero-order chi connectivity index (χ0) is 18.8. The van der Waals surface area contributed by atoms with Crippen LogP contribution in [0.5, 0.6) is 0 Å². The number of hydrogen-bond acceptors (Lipinski definition) is 2. The molecule has 26 heavy (non-hydrogen) atoms. The molecule has 0 saturated heterocycles. The SMILES string of the molecule is Cc1ccc(-n2c(C)cc(C(=O)OCc3c(Cl)cccc3Cl)c2C)cc1. The van der Waals surface area contributed by atoms with Gasteiger partial charge < -0.3 is 9.30 Å². The van der Waals surface area contributed by atoms with Gasteiger partial charge in [0.15, 0.2) is 0 Å². The molecule has 1 heterocycles. The number of esters is 1. The topological polar surface area (TPSA) is 31.2 Å². The standard InChI is InChI=1S/C21H19Cl2NO2/c1-13-7-9-16(10-8-13)24-14(2)11-17(15(24)3)21(25)26-12-18-19(22)5-4-6-20(18)23/h4-11H,12H2,1-3H3. The van der Waals surface area contributed by atoms with Crippen molar-refractivity contribution in [2.45, 2.75) is 27.4 Å². The Morgan fingerprint density at radius 1 is 1.00 bits per heavy atom. The van der Waals surface area contributed by atoms with Crippen LogP contribution in [0.25, 0.3) is 5.69 Å². The third kappa shape index (κ3) is 3.64. The number of carbonyl (C=O) groups excluding carboxylic acids is 1. The van der Waals surface area contributed by atoms with Gasteiger partial charge in [0.05, 0.1) is 5.56 Å². The molecule has 0 bridgehead atoms. The summed E-state index contributed by atoms with van der Waals surface area (Å²) in [6.07, 6.45) is 0. The van der Waals surface area contributed by atoms with Crippen LogP contribution in [0.3, 0.4) is 0 Å². The molecule has 0 aliphatic carbocycles. The Labute approximate surface area is 163 Å². The molecule has 0 fully saturated rings. The van der Waals surface area contributed by atoms with Gasteiger partial charge in [-0.05, 0) is 51.1 Å². The van der Waals surface area contributed by atoms with Crippen LogP contribution in [-0.4, -0.2) is 10.5 Å². The summed E-state index contributed by atoms with van der Waals surface area (Å²) in [5.41, 5.74) is 5.14. The summed E-state index contributed by atoms with van der Waals surface area (Å²) in [6, 6.07) is 15.2. The van der Waals surface area contributed by atoms with Crippen LogP contribution in [-0.2, 0) is 11.3 Å².